The van der Waals surface area contributed by atoms with Gasteiger partial charge in [0.25, 0.3) is 0 Å². The highest BCUT2D eigenvalue weighted by Gasteiger charge is 2.36. The molecule has 1 aliphatic rings. The fourth-order valence-electron chi connectivity index (χ4n) is 1.61. The van der Waals surface area contributed by atoms with Crippen LogP contribution in [0.25, 0.3) is 0 Å². The van der Waals surface area contributed by atoms with E-state index in [4.69, 9.17) is 11.6 Å². The first-order chi connectivity index (χ1) is 4.19. The Bertz CT molecular complexity index is 105. The number of rotatable bonds is 1. The highest BCUT2D eigenvalue weighted by molar-refractivity contribution is 6.85. The Morgan fingerprint density at radius 2 is 2.33 bits per heavy atom. The van der Waals surface area contributed by atoms with Crippen LogP contribution in [0.15, 0.2) is 0 Å². The van der Waals surface area contributed by atoms with Crippen LogP contribution in [0.5, 0.6) is 0 Å². The first-order valence-electron chi connectivity index (χ1n) is 3.75. The number of hydrogen-bond donors (Lipinski definition) is 0. The molecule has 2 heteroatoms. The average molecular weight is 163 g/mol. The second-order valence-electron chi connectivity index (χ2n) is 3.58. The van der Waals surface area contributed by atoms with Gasteiger partial charge in [-0.05, 0) is 5.54 Å². The van der Waals surface area contributed by atoms with Gasteiger partial charge >= 0.3 is 0 Å². The first-order valence-corrected chi connectivity index (χ1v) is 7.27. The van der Waals surface area contributed by atoms with E-state index in [2.05, 4.69) is 13.5 Å². The Kier molecular flexibility index (Phi) is 2.22. The van der Waals surface area contributed by atoms with E-state index in [-0.39, 0.29) is 0 Å². The SMILES string of the molecule is CC1CCC[Si]1(C)CCl. The number of alkyl halides is 1. The van der Waals surface area contributed by atoms with Gasteiger partial charge in [-0.1, -0.05) is 32.4 Å². The molecule has 1 fully saturated rings. The van der Waals surface area contributed by atoms with Crippen molar-refractivity contribution in [3.05, 3.63) is 0 Å². The van der Waals surface area contributed by atoms with Gasteiger partial charge in [0.2, 0.25) is 0 Å². The zero-order valence-electron chi connectivity index (χ0n) is 6.28. The molecule has 0 saturated carbocycles. The van der Waals surface area contributed by atoms with Crippen LogP contribution in [0.3, 0.4) is 0 Å². The third kappa shape index (κ3) is 1.32. The Hall–Kier alpha value is 0.507. The van der Waals surface area contributed by atoms with E-state index in [1.807, 2.05) is 0 Å². The normalized spacial score (nSPS) is 43.7. The second-order valence-corrected chi connectivity index (χ2v) is 9.44. The molecule has 0 aromatic heterocycles. The van der Waals surface area contributed by atoms with Crippen molar-refractivity contribution in [2.45, 2.75) is 37.9 Å². The lowest BCUT2D eigenvalue weighted by atomic mass is 10.3. The second kappa shape index (κ2) is 2.63. The summed E-state index contributed by atoms with van der Waals surface area (Å²) >= 11 is 5.91. The zero-order valence-corrected chi connectivity index (χ0v) is 8.04. The highest BCUT2D eigenvalue weighted by Crippen LogP contribution is 2.39. The van der Waals surface area contributed by atoms with Crippen LogP contribution in [-0.2, 0) is 0 Å². The van der Waals surface area contributed by atoms with Crippen LogP contribution in [0, 0.1) is 0 Å². The van der Waals surface area contributed by atoms with Crippen LogP contribution in [0.4, 0.5) is 0 Å². The molecule has 0 amide bonds. The van der Waals surface area contributed by atoms with Crippen molar-refractivity contribution in [3.8, 4) is 0 Å². The summed E-state index contributed by atoms with van der Waals surface area (Å²) in [5.41, 5.74) is 1.96. The Balaban J connectivity index is 2.56. The highest BCUT2D eigenvalue weighted by atomic mass is 35.5. The molecule has 1 aliphatic heterocycles. The van der Waals surface area contributed by atoms with Crippen LogP contribution in [0.1, 0.15) is 19.8 Å². The fraction of sp³-hybridized carbons (Fsp3) is 1.00. The minimum atomic E-state index is -0.898. The van der Waals surface area contributed by atoms with Crippen LogP contribution in [-0.4, -0.2) is 13.6 Å². The van der Waals surface area contributed by atoms with Crippen molar-refractivity contribution in [3.63, 3.8) is 0 Å². The van der Waals surface area contributed by atoms with Crippen molar-refractivity contribution in [2.24, 2.45) is 0 Å². The van der Waals surface area contributed by atoms with E-state index in [0.717, 1.165) is 11.0 Å². The summed E-state index contributed by atoms with van der Waals surface area (Å²) < 4.78 is 0. The van der Waals surface area contributed by atoms with Crippen molar-refractivity contribution >= 4 is 19.7 Å². The zero-order chi connectivity index (χ0) is 6.91. The molecule has 2 unspecified atom stereocenters. The van der Waals surface area contributed by atoms with Gasteiger partial charge in [0.15, 0.2) is 0 Å². The Morgan fingerprint density at radius 3 is 2.56 bits per heavy atom. The molecule has 0 bridgehead atoms. The summed E-state index contributed by atoms with van der Waals surface area (Å²) in [4.78, 5) is 0. The van der Waals surface area contributed by atoms with Crippen LogP contribution in [0.2, 0.25) is 18.1 Å². The number of hydrogen-bond acceptors (Lipinski definition) is 0. The molecule has 54 valence electrons. The topological polar surface area (TPSA) is 0 Å². The van der Waals surface area contributed by atoms with Crippen molar-refractivity contribution in [1.29, 1.82) is 0 Å². The minimum absolute atomic E-state index is 0.898. The molecule has 1 saturated heterocycles. The first kappa shape index (κ1) is 7.61. The molecule has 2 atom stereocenters. The molecule has 1 heterocycles. The molecular formula is C7H15ClSi. The predicted octanol–water partition coefficient (Wildman–Crippen LogP) is 3.03. The summed E-state index contributed by atoms with van der Waals surface area (Å²) in [7, 11) is -0.898. The van der Waals surface area contributed by atoms with E-state index in [1.165, 1.54) is 18.9 Å². The van der Waals surface area contributed by atoms with Crippen molar-refractivity contribution < 1.29 is 0 Å². The maximum atomic E-state index is 5.91. The maximum Gasteiger partial charge on any atom is 0.0698 e. The maximum absolute atomic E-state index is 5.91. The molecule has 1 rings (SSSR count). The largest absolute Gasteiger partial charge is 0.130 e. The Morgan fingerprint density at radius 1 is 1.67 bits per heavy atom. The lowest BCUT2D eigenvalue weighted by molar-refractivity contribution is 0.816. The molecule has 9 heavy (non-hydrogen) atoms. The summed E-state index contributed by atoms with van der Waals surface area (Å²) in [5.74, 6) is 0. The van der Waals surface area contributed by atoms with Gasteiger partial charge in [-0.15, -0.1) is 11.6 Å². The van der Waals surface area contributed by atoms with Gasteiger partial charge in [-0.25, -0.2) is 0 Å². The monoisotopic (exact) mass is 162 g/mol. The lowest BCUT2D eigenvalue weighted by Gasteiger charge is -2.22. The van der Waals surface area contributed by atoms with Gasteiger partial charge in [0.1, 0.15) is 0 Å². The molecular weight excluding hydrogens is 148 g/mol. The van der Waals surface area contributed by atoms with Gasteiger partial charge in [-0.2, -0.15) is 0 Å². The molecule has 0 aliphatic carbocycles. The minimum Gasteiger partial charge on any atom is -0.130 e. The summed E-state index contributed by atoms with van der Waals surface area (Å²) in [6.45, 7) is 4.82. The molecule has 0 radical (unpaired) electrons. The van der Waals surface area contributed by atoms with E-state index in [1.54, 1.807) is 0 Å². The molecule has 0 aromatic rings. The molecule has 0 N–H and O–H groups in total. The quantitative estimate of drug-likeness (QED) is 0.411. The van der Waals surface area contributed by atoms with E-state index < -0.39 is 8.07 Å². The summed E-state index contributed by atoms with van der Waals surface area (Å²) in [6, 6.07) is 1.47. The van der Waals surface area contributed by atoms with Crippen LogP contribution < -0.4 is 0 Å². The molecule has 0 spiro atoms. The van der Waals surface area contributed by atoms with Crippen molar-refractivity contribution in [1.82, 2.24) is 0 Å². The average Bonchev–Trinajstić information content (AvgIpc) is 2.15. The Labute approximate surface area is 63.6 Å². The standard InChI is InChI=1S/C7H15ClSi/c1-7-4-3-5-9(7,2)6-8/h7H,3-6H2,1-2H3. The van der Waals surface area contributed by atoms with Gasteiger partial charge < -0.3 is 0 Å². The number of halogens is 1. The third-order valence-corrected chi connectivity index (χ3v) is 9.49. The van der Waals surface area contributed by atoms with Crippen LogP contribution >= 0.6 is 11.6 Å². The summed E-state index contributed by atoms with van der Waals surface area (Å²) in [6.07, 6.45) is 2.88. The van der Waals surface area contributed by atoms with Gasteiger partial charge in [0, 0.05) is 5.50 Å². The van der Waals surface area contributed by atoms with Gasteiger partial charge in [0.05, 0.1) is 8.07 Å². The fourth-order valence-corrected chi connectivity index (χ4v) is 5.60. The summed E-state index contributed by atoms with van der Waals surface area (Å²) in [5, 5.41) is 0. The molecule has 0 aromatic carbocycles. The van der Waals surface area contributed by atoms with Gasteiger partial charge in [-0.3, -0.25) is 0 Å². The van der Waals surface area contributed by atoms with E-state index in [9.17, 15) is 0 Å². The van der Waals surface area contributed by atoms with E-state index in [0.29, 0.717) is 0 Å². The van der Waals surface area contributed by atoms with Crippen molar-refractivity contribution in [2.75, 3.05) is 5.50 Å². The predicted molar refractivity (Wildman–Crippen MR) is 45.8 cm³/mol. The van der Waals surface area contributed by atoms with E-state index >= 15 is 0 Å². The lowest BCUT2D eigenvalue weighted by Crippen LogP contribution is -2.32. The third-order valence-electron chi connectivity index (χ3n) is 2.88. The molecule has 0 nitrogen and oxygen atoms in total. The smallest absolute Gasteiger partial charge is 0.0698 e.